The minimum atomic E-state index is -3.39. The van der Waals surface area contributed by atoms with Gasteiger partial charge in [0.15, 0.2) is 0 Å². The maximum Gasteiger partial charge on any atom is 0.541 e. The van der Waals surface area contributed by atoms with Crippen LogP contribution in [0.4, 0.5) is 0 Å². The van der Waals surface area contributed by atoms with Gasteiger partial charge in [0.05, 0.1) is 5.20 Å². The van der Waals surface area contributed by atoms with E-state index in [4.69, 9.17) is 32.3 Å². The minimum Gasteiger partial charge on any atom is -0.374 e. The summed E-state index contributed by atoms with van der Waals surface area (Å²) in [5.41, 5.74) is 6.74. The molecular weight excluding hydrogens is 290 g/mol. The molecule has 19 heavy (non-hydrogen) atoms. The van der Waals surface area contributed by atoms with E-state index in [1.54, 1.807) is 0 Å². The van der Waals surface area contributed by atoms with Crippen molar-refractivity contribution in [1.29, 1.82) is 0 Å². The molecule has 0 aliphatic heterocycles. The highest BCUT2D eigenvalue weighted by atomic mass is 28.4. The molecule has 0 rings (SSSR count). The molecule has 112 valence electrons. The Hall–Kier alpha value is -0.596. The van der Waals surface area contributed by atoms with Crippen molar-refractivity contribution in [3.05, 3.63) is 10.9 Å². The van der Waals surface area contributed by atoms with Gasteiger partial charge in [-0.15, -0.1) is 0 Å². The van der Waals surface area contributed by atoms with Crippen molar-refractivity contribution in [2.45, 2.75) is 0 Å². The van der Waals surface area contributed by atoms with E-state index < -0.39 is 23.5 Å². The Morgan fingerprint density at radius 2 is 1.21 bits per heavy atom. The van der Waals surface area contributed by atoms with E-state index in [1.807, 2.05) is 0 Å². The van der Waals surface area contributed by atoms with Crippen molar-refractivity contribution in [2.24, 2.45) is 5.73 Å². The molecule has 2 N–H and O–H groups in total. The fourth-order valence-corrected chi connectivity index (χ4v) is 5.54. The summed E-state index contributed by atoms with van der Waals surface area (Å²) in [7, 11) is 1.76. The van der Waals surface area contributed by atoms with Crippen LogP contribution in [0.3, 0.4) is 0 Å². The van der Waals surface area contributed by atoms with Gasteiger partial charge in [0, 0.05) is 42.7 Å². The molecule has 0 saturated carbocycles. The van der Waals surface area contributed by atoms with E-state index in [9.17, 15) is 4.79 Å². The number of hydrogen-bond acceptors (Lipinski definition) is 7. The molecule has 0 aliphatic carbocycles. The van der Waals surface area contributed by atoms with Crippen LogP contribution in [0.2, 0.25) is 0 Å². The summed E-state index contributed by atoms with van der Waals surface area (Å²) in [5, 5.41) is 0.0252. The maximum absolute atomic E-state index is 11.7. The van der Waals surface area contributed by atoms with Crippen LogP contribution >= 0.6 is 0 Å². The molecule has 10 heteroatoms. The first kappa shape index (κ1) is 18.4. The lowest BCUT2D eigenvalue weighted by atomic mass is 10.6. The smallest absolute Gasteiger partial charge is 0.374 e. The Morgan fingerprint density at radius 1 is 0.842 bits per heavy atom. The average molecular weight is 311 g/mol. The first-order valence-electron chi connectivity index (χ1n) is 5.24. The van der Waals surface area contributed by atoms with Crippen LogP contribution in [-0.4, -0.2) is 66.2 Å². The third kappa shape index (κ3) is 3.93. The number of primary amides is 1. The summed E-state index contributed by atoms with van der Waals surface area (Å²) in [6.07, 6.45) is 0. The lowest BCUT2D eigenvalue weighted by Crippen LogP contribution is -2.52. The molecule has 0 spiro atoms. The molecule has 0 radical (unpaired) electrons. The zero-order chi connectivity index (χ0) is 15.1. The van der Waals surface area contributed by atoms with Crippen molar-refractivity contribution in [3.63, 3.8) is 0 Å². The van der Waals surface area contributed by atoms with E-state index in [2.05, 4.69) is 0 Å². The predicted molar refractivity (Wildman–Crippen MR) is 70.8 cm³/mol. The van der Waals surface area contributed by atoms with Crippen LogP contribution in [0.15, 0.2) is 10.9 Å². The number of carbonyl (C=O) groups excluding carboxylic acids is 1. The summed E-state index contributed by atoms with van der Waals surface area (Å²) in [5.74, 6) is -0.750. The molecule has 0 heterocycles. The van der Waals surface area contributed by atoms with Crippen LogP contribution in [0.1, 0.15) is 0 Å². The van der Waals surface area contributed by atoms with Gasteiger partial charge in [0.25, 0.3) is 0 Å². The van der Waals surface area contributed by atoms with Gasteiger partial charge in [0.2, 0.25) is 5.91 Å². The summed E-state index contributed by atoms with van der Waals surface area (Å²) in [6, 6.07) is 0. The van der Waals surface area contributed by atoms with E-state index >= 15 is 0 Å². The number of carbonyl (C=O) groups is 1. The minimum absolute atomic E-state index is 0.0252. The van der Waals surface area contributed by atoms with Crippen LogP contribution in [0.25, 0.3) is 0 Å². The van der Waals surface area contributed by atoms with Gasteiger partial charge in [-0.3, -0.25) is 4.79 Å². The molecule has 0 aliphatic rings. The highest BCUT2D eigenvalue weighted by Gasteiger charge is 2.50. The third-order valence-electron chi connectivity index (χ3n) is 2.58. The van der Waals surface area contributed by atoms with E-state index in [0.29, 0.717) is 0 Å². The second-order valence-electron chi connectivity index (χ2n) is 3.31. The van der Waals surface area contributed by atoms with Gasteiger partial charge in [-0.05, 0) is 5.70 Å². The van der Waals surface area contributed by atoms with Crippen LogP contribution in [0, 0.1) is 0 Å². The van der Waals surface area contributed by atoms with Crippen molar-refractivity contribution in [1.82, 2.24) is 0 Å². The number of hydrogen-bond donors (Lipinski definition) is 1. The fourth-order valence-electron chi connectivity index (χ4n) is 1.49. The molecule has 0 bridgehead atoms. The molecule has 0 saturated heterocycles. The molecule has 1 amide bonds. The Labute approximate surface area is 115 Å². The Kier molecular flexibility index (Phi) is 7.62. The summed E-state index contributed by atoms with van der Waals surface area (Å²) in [6.45, 7) is 0. The van der Waals surface area contributed by atoms with Gasteiger partial charge < -0.3 is 32.3 Å². The second kappa shape index (κ2) is 7.86. The zero-order valence-corrected chi connectivity index (χ0v) is 14.0. The van der Waals surface area contributed by atoms with Crippen LogP contribution < -0.4 is 5.73 Å². The monoisotopic (exact) mass is 311 g/mol. The third-order valence-corrected chi connectivity index (χ3v) is 7.88. The first-order chi connectivity index (χ1) is 8.90. The van der Waals surface area contributed by atoms with Gasteiger partial charge in [-0.2, -0.15) is 0 Å². The van der Waals surface area contributed by atoms with Gasteiger partial charge >= 0.3 is 17.6 Å². The van der Waals surface area contributed by atoms with Crippen LogP contribution in [-0.2, 0) is 31.4 Å². The molecule has 0 atom stereocenters. The quantitative estimate of drug-likeness (QED) is 0.441. The standard InChI is InChI=1S/C9H21NO7Si2/c1-12-18(13-2,14-3)7-8(9(10)11)19(15-4,16-5)17-6/h7H,1-6H3,(H2,10,11). The largest absolute Gasteiger partial charge is 0.541 e. The summed E-state index contributed by atoms with van der Waals surface area (Å²) in [4.78, 5) is 11.7. The van der Waals surface area contributed by atoms with Gasteiger partial charge in [-0.1, -0.05) is 0 Å². The molecule has 0 aromatic heterocycles. The van der Waals surface area contributed by atoms with Crippen molar-refractivity contribution >= 4 is 23.5 Å². The second-order valence-corrected chi connectivity index (χ2v) is 8.90. The normalized spacial score (nSPS) is 13.7. The molecule has 0 aromatic rings. The molecule has 0 fully saturated rings. The lowest BCUT2D eigenvalue weighted by Gasteiger charge is -2.28. The maximum atomic E-state index is 11.7. The van der Waals surface area contributed by atoms with Crippen molar-refractivity contribution in [3.8, 4) is 0 Å². The molecule has 0 aromatic carbocycles. The van der Waals surface area contributed by atoms with E-state index in [0.717, 1.165) is 0 Å². The fraction of sp³-hybridized carbons (Fsp3) is 0.667. The SMILES string of the molecule is CO[Si](C=C(C(N)=O)[Si](OC)(OC)OC)(OC)OC. The highest BCUT2D eigenvalue weighted by Crippen LogP contribution is 2.21. The number of nitrogens with two attached hydrogens (primary N) is 1. The van der Waals surface area contributed by atoms with E-state index in [-0.39, 0.29) is 5.20 Å². The van der Waals surface area contributed by atoms with Gasteiger partial charge in [0.1, 0.15) is 0 Å². The molecular formula is C9H21NO7Si2. The summed E-state index contributed by atoms with van der Waals surface area (Å²) >= 11 is 0. The Morgan fingerprint density at radius 3 is 1.42 bits per heavy atom. The van der Waals surface area contributed by atoms with Crippen molar-refractivity contribution in [2.75, 3.05) is 42.7 Å². The first-order valence-corrected chi connectivity index (χ1v) is 8.77. The number of amides is 1. The van der Waals surface area contributed by atoms with Crippen molar-refractivity contribution < 1.29 is 31.4 Å². The zero-order valence-electron chi connectivity index (χ0n) is 12.0. The summed E-state index contributed by atoms with van der Waals surface area (Å²) < 4.78 is 31.3. The van der Waals surface area contributed by atoms with Gasteiger partial charge in [-0.25, -0.2) is 0 Å². The number of rotatable bonds is 9. The molecule has 0 unspecified atom stereocenters. The average Bonchev–Trinajstić information content (AvgIpc) is 2.45. The molecule has 8 nitrogen and oxygen atoms in total. The van der Waals surface area contributed by atoms with Crippen LogP contribution in [0.5, 0.6) is 0 Å². The highest BCUT2D eigenvalue weighted by molar-refractivity contribution is 6.78. The van der Waals surface area contributed by atoms with E-state index in [1.165, 1.54) is 48.4 Å². The topological polar surface area (TPSA) is 98.5 Å². The lowest BCUT2D eigenvalue weighted by molar-refractivity contribution is -0.114. The Bertz CT molecular complexity index is 312. The predicted octanol–water partition coefficient (Wildman–Crippen LogP) is -0.767. The Balaban J connectivity index is 5.84.